The molecule has 190 valence electrons. The summed E-state index contributed by atoms with van der Waals surface area (Å²) in [5, 5.41) is 0. The largest absolute Gasteiger partial charge is 0.444 e. The number of likely N-dealkylation sites (N-methyl/N-ethyl adjacent to an activating group) is 1. The third-order valence-electron chi connectivity index (χ3n) is 4.29. The quantitative estimate of drug-likeness (QED) is 0.273. The maximum absolute atomic E-state index is 12.2. The number of carbonyl (C=O) groups excluding carboxylic acids is 1. The van der Waals surface area contributed by atoms with E-state index in [-0.39, 0.29) is 11.0 Å². The van der Waals surface area contributed by atoms with Gasteiger partial charge in [-0.2, -0.15) is 8.42 Å². The van der Waals surface area contributed by atoms with E-state index in [2.05, 4.69) is 0 Å². The lowest BCUT2D eigenvalue weighted by Gasteiger charge is -2.24. The Bertz CT molecular complexity index is 790. The van der Waals surface area contributed by atoms with E-state index >= 15 is 0 Å². The van der Waals surface area contributed by atoms with E-state index in [1.165, 1.54) is 17.0 Å². The standard InChI is InChI=1S/C23H39NO8S/c1-19-7-9-21(10-8-19)33(26,27)32-20(2)11-13-28-15-17-30-18-16-29-14-12-24(6)22(25)31-23(3,4)5/h7-10,20H,11-18H2,1-6H3. The normalized spacial score (nSPS) is 13.0. The van der Waals surface area contributed by atoms with Crippen LogP contribution in [0.4, 0.5) is 4.79 Å². The average molecular weight is 490 g/mol. The second-order valence-corrected chi connectivity index (χ2v) is 10.3. The van der Waals surface area contributed by atoms with Gasteiger partial charge in [-0.1, -0.05) is 17.7 Å². The Morgan fingerprint density at radius 2 is 1.45 bits per heavy atom. The van der Waals surface area contributed by atoms with Crippen LogP contribution >= 0.6 is 0 Å². The topological polar surface area (TPSA) is 101 Å². The number of rotatable bonds is 15. The fourth-order valence-electron chi connectivity index (χ4n) is 2.45. The molecule has 0 aliphatic carbocycles. The number of amides is 1. The van der Waals surface area contributed by atoms with Crippen molar-refractivity contribution in [3.63, 3.8) is 0 Å². The molecule has 0 aromatic heterocycles. The van der Waals surface area contributed by atoms with Gasteiger partial charge in [0.05, 0.1) is 44.0 Å². The van der Waals surface area contributed by atoms with Crippen molar-refractivity contribution >= 4 is 16.2 Å². The van der Waals surface area contributed by atoms with Crippen molar-refractivity contribution in [2.75, 3.05) is 53.2 Å². The van der Waals surface area contributed by atoms with Gasteiger partial charge in [-0.3, -0.25) is 4.18 Å². The van der Waals surface area contributed by atoms with Gasteiger partial charge in [-0.15, -0.1) is 0 Å². The first kappa shape index (κ1) is 29.3. The molecule has 0 heterocycles. The van der Waals surface area contributed by atoms with Crippen LogP contribution in [0.25, 0.3) is 0 Å². The van der Waals surface area contributed by atoms with E-state index < -0.39 is 21.8 Å². The summed E-state index contributed by atoms with van der Waals surface area (Å²) < 4.78 is 51.3. The molecule has 0 aliphatic heterocycles. The Hall–Kier alpha value is -1.72. The van der Waals surface area contributed by atoms with E-state index in [4.69, 9.17) is 23.1 Å². The second kappa shape index (κ2) is 14.5. The summed E-state index contributed by atoms with van der Waals surface area (Å²) in [7, 11) is -2.12. The molecule has 1 aromatic carbocycles. The predicted octanol–water partition coefficient (Wildman–Crippen LogP) is 3.40. The minimum Gasteiger partial charge on any atom is -0.444 e. The molecular weight excluding hydrogens is 450 g/mol. The Kier molecular flexibility index (Phi) is 12.9. The van der Waals surface area contributed by atoms with E-state index in [9.17, 15) is 13.2 Å². The highest BCUT2D eigenvalue weighted by Gasteiger charge is 2.20. The highest BCUT2D eigenvalue weighted by molar-refractivity contribution is 7.86. The minimum atomic E-state index is -3.78. The van der Waals surface area contributed by atoms with Gasteiger partial charge in [0, 0.05) is 20.2 Å². The molecule has 0 fully saturated rings. The molecule has 1 aromatic rings. The van der Waals surface area contributed by atoms with Crippen molar-refractivity contribution in [3.8, 4) is 0 Å². The summed E-state index contributed by atoms with van der Waals surface area (Å²) in [6.07, 6.45) is -0.435. The molecule has 1 rings (SSSR count). The monoisotopic (exact) mass is 489 g/mol. The Morgan fingerprint density at radius 3 is 2.00 bits per heavy atom. The highest BCUT2D eigenvalue weighted by atomic mass is 32.2. The molecule has 0 spiro atoms. The van der Waals surface area contributed by atoms with Crippen molar-refractivity contribution in [2.24, 2.45) is 0 Å². The summed E-state index contributed by atoms with van der Waals surface area (Å²) in [5.41, 5.74) is 0.460. The average Bonchev–Trinajstić information content (AvgIpc) is 2.70. The van der Waals surface area contributed by atoms with Gasteiger partial charge in [0.1, 0.15) is 5.60 Å². The van der Waals surface area contributed by atoms with Crippen LogP contribution in [0.2, 0.25) is 0 Å². The Balaban J connectivity index is 2.02. The van der Waals surface area contributed by atoms with Gasteiger partial charge in [0.25, 0.3) is 10.1 Å². The third-order valence-corrected chi connectivity index (χ3v) is 5.72. The smallest absolute Gasteiger partial charge is 0.410 e. The summed E-state index contributed by atoms with van der Waals surface area (Å²) in [4.78, 5) is 13.4. The van der Waals surface area contributed by atoms with Crippen molar-refractivity contribution in [3.05, 3.63) is 29.8 Å². The van der Waals surface area contributed by atoms with Crippen LogP contribution in [-0.4, -0.2) is 84.3 Å². The first-order chi connectivity index (χ1) is 15.4. The summed E-state index contributed by atoms with van der Waals surface area (Å²) in [5.74, 6) is 0. The molecule has 1 amide bonds. The van der Waals surface area contributed by atoms with E-state index in [0.717, 1.165) is 5.56 Å². The fraction of sp³-hybridized carbons (Fsp3) is 0.696. The van der Waals surface area contributed by atoms with Crippen molar-refractivity contribution in [2.45, 2.75) is 57.6 Å². The number of benzene rings is 1. The zero-order chi connectivity index (χ0) is 24.9. The molecule has 10 heteroatoms. The van der Waals surface area contributed by atoms with Crippen LogP contribution in [0.15, 0.2) is 29.2 Å². The predicted molar refractivity (Wildman–Crippen MR) is 125 cm³/mol. The molecule has 0 saturated carbocycles. The van der Waals surface area contributed by atoms with Crippen LogP contribution in [0, 0.1) is 6.92 Å². The number of hydrogen-bond acceptors (Lipinski definition) is 8. The zero-order valence-corrected chi connectivity index (χ0v) is 21.5. The van der Waals surface area contributed by atoms with Crippen LogP contribution < -0.4 is 0 Å². The second-order valence-electron chi connectivity index (χ2n) is 8.70. The SMILES string of the molecule is Cc1ccc(S(=O)(=O)OC(C)CCOCCOCCOCCN(C)C(=O)OC(C)(C)C)cc1. The number of hydrogen-bond donors (Lipinski definition) is 0. The summed E-state index contributed by atoms with van der Waals surface area (Å²) in [6.45, 7) is 11.8. The number of aryl methyl sites for hydroxylation is 1. The molecule has 1 atom stereocenters. The molecule has 0 radical (unpaired) electrons. The van der Waals surface area contributed by atoms with E-state index in [0.29, 0.717) is 52.6 Å². The van der Waals surface area contributed by atoms with Gasteiger partial charge in [-0.05, 0) is 53.2 Å². The highest BCUT2D eigenvalue weighted by Crippen LogP contribution is 2.16. The molecule has 1 unspecified atom stereocenters. The molecule has 9 nitrogen and oxygen atoms in total. The van der Waals surface area contributed by atoms with Crippen molar-refractivity contribution < 1.29 is 36.3 Å². The molecule has 33 heavy (non-hydrogen) atoms. The van der Waals surface area contributed by atoms with Crippen LogP contribution in [0.1, 0.15) is 39.7 Å². The first-order valence-corrected chi connectivity index (χ1v) is 12.5. The van der Waals surface area contributed by atoms with Gasteiger partial charge in [0.2, 0.25) is 0 Å². The fourth-order valence-corrected chi connectivity index (χ4v) is 3.56. The van der Waals surface area contributed by atoms with Crippen molar-refractivity contribution in [1.29, 1.82) is 0 Å². The Morgan fingerprint density at radius 1 is 0.939 bits per heavy atom. The lowest BCUT2D eigenvalue weighted by atomic mass is 10.2. The zero-order valence-electron chi connectivity index (χ0n) is 20.7. The molecule has 0 bridgehead atoms. The van der Waals surface area contributed by atoms with Gasteiger partial charge in [-0.25, -0.2) is 4.79 Å². The minimum absolute atomic E-state index is 0.146. The van der Waals surface area contributed by atoms with Crippen molar-refractivity contribution in [1.82, 2.24) is 4.90 Å². The van der Waals surface area contributed by atoms with Gasteiger partial charge >= 0.3 is 6.09 Å². The van der Waals surface area contributed by atoms with Crippen LogP contribution in [0.5, 0.6) is 0 Å². The maximum Gasteiger partial charge on any atom is 0.410 e. The number of ether oxygens (including phenoxy) is 4. The van der Waals surface area contributed by atoms with E-state index in [1.54, 1.807) is 26.1 Å². The summed E-state index contributed by atoms with van der Waals surface area (Å²) >= 11 is 0. The Labute approximate surface area is 198 Å². The lowest BCUT2D eigenvalue weighted by molar-refractivity contribution is 0.00235. The lowest BCUT2D eigenvalue weighted by Crippen LogP contribution is -2.36. The summed E-state index contributed by atoms with van der Waals surface area (Å²) in [6, 6.07) is 6.54. The van der Waals surface area contributed by atoms with E-state index in [1.807, 2.05) is 27.7 Å². The molecule has 0 aliphatic rings. The first-order valence-electron chi connectivity index (χ1n) is 11.1. The van der Waals surface area contributed by atoms with Gasteiger partial charge < -0.3 is 23.8 Å². The van der Waals surface area contributed by atoms with Gasteiger partial charge in [0.15, 0.2) is 0 Å². The maximum atomic E-state index is 12.2. The number of nitrogens with zero attached hydrogens (tertiary/aromatic N) is 1. The molecule has 0 saturated heterocycles. The third kappa shape index (κ3) is 13.5. The van der Waals surface area contributed by atoms with Crippen LogP contribution in [0.3, 0.4) is 0 Å². The molecular formula is C23H39NO8S. The van der Waals surface area contributed by atoms with Crippen LogP contribution in [-0.2, 0) is 33.2 Å². The number of carbonyl (C=O) groups is 1. The molecule has 0 N–H and O–H groups in total.